The zero-order valence-corrected chi connectivity index (χ0v) is 8.56. The summed E-state index contributed by atoms with van der Waals surface area (Å²) in [7, 11) is 0. The molecule has 0 radical (unpaired) electrons. The van der Waals surface area contributed by atoms with E-state index in [1.807, 2.05) is 0 Å². The van der Waals surface area contributed by atoms with Gasteiger partial charge in [-0.15, -0.1) is 12.3 Å². The van der Waals surface area contributed by atoms with Crippen molar-refractivity contribution in [1.29, 1.82) is 0 Å². The van der Waals surface area contributed by atoms with Crippen LogP contribution in [-0.4, -0.2) is 0 Å². The first-order valence-corrected chi connectivity index (χ1v) is 4.75. The molecule has 0 aliphatic rings. The van der Waals surface area contributed by atoms with Crippen molar-refractivity contribution < 1.29 is 0 Å². The van der Waals surface area contributed by atoms with E-state index in [9.17, 15) is 0 Å². The molecule has 0 N–H and O–H groups in total. The van der Waals surface area contributed by atoms with Gasteiger partial charge in [0.15, 0.2) is 0 Å². The lowest BCUT2D eigenvalue weighted by molar-refractivity contribution is 0.566. The summed E-state index contributed by atoms with van der Waals surface area (Å²) in [5.74, 6) is 3.85. The molecule has 0 saturated heterocycles. The lowest BCUT2D eigenvalue weighted by Crippen LogP contribution is -1.98. The lowest BCUT2D eigenvalue weighted by Gasteiger charge is -2.11. The van der Waals surface area contributed by atoms with Gasteiger partial charge < -0.3 is 0 Å². The Morgan fingerprint density at radius 2 is 2.08 bits per heavy atom. The molecule has 0 bridgehead atoms. The van der Waals surface area contributed by atoms with Crippen LogP contribution < -0.4 is 0 Å². The smallest absolute Gasteiger partial charge is 0.0200 e. The molecule has 0 aromatic carbocycles. The van der Waals surface area contributed by atoms with Crippen LogP contribution in [0.2, 0.25) is 0 Å². The van der Waals surface area contributed by atoms with E-state index >= 15 is 0 Å². The van der Waals surface area contributed by atoms with Crippen molar-refractivity contribution >= 4 is 0 Å². The average molecular weight is 164 g/mol. The Kier molecular flexibility index (Phi) is 5.54. The van der Waals surface area contributed by atoms with Gasteiger partial charge in [0.2, 0.25) is 0 Å². The molecule has 0 saturated carbocycles. The topological polar surface area (TPSA) is 0 Å². The van der Waals surface area contributed by atoms with Gasteiger partial charge in [-0.1, -0.05) is 32.9 Å². The first kappa shape index (κ1) is 11.3. The minimum Gasteiger partial charge on any atom is -0.120 e. The minimum absolute atomic E-state index is 0.445. The fourth-order valence-electron chi connectivity index (χ4n) is 1.05. The SMILES string of the molecule is C#CC(CC)CCC(=C)C(C)C. The van der Waals surface area contributed by atoms with Gasteiger partial charge in [-0.25, -0.2) is 0 Å². The van der Waals surface area contributed by atoms with Crippen LogP contribution >= 0.6 is 0 Å². The van der Waals surface area contributed by atoms with Crippen molar-refractivity contribution in [2.24, 2.45) is 11.8 Å². The fourth-order valence-corrected chi connectivity index (χ4v) is 1.05. The van der Waals surface area contributed by atoms with Crippen molar-refractivity contribution in [2.45, 2.75) is 40.0 Å². The highest BCUT2D eigenvalue weighted by Gasteiger charge is 2.05. The highest BCUT2D eigenvalue weighted by Crippen LogP contribution is 2.18. The van der Waals surface area contributed by atoms with Crippen LogP contribution in [0, 0.1) is 24.2 Å². The third kappa shape index (κ3) is 4.23. The summed E-state index contributed by atoms with van der Waals surface area (Å²) >= 11 is 0. The Morgan fingerprint density at radius 3 is 2.42 bits per heavy atom. The Labute approximate surface area is 77.1 Å². The van der Waals surface area contributed by atoms with E-state index in [0.717, 1.165) is 19.3 Å². The third-order valence-corrected chi connectivity index (χ3v) is 2.36. The van der Waals surface area contributed by atoms with Gasteiger partial charge in [0.1, 0.15) is 0 Å². The average Bonchev–Trinajstić information content (AvgIpc) is 2.05. The monoisotopic (exact) mass is 164 g/mol. The Hall–Kier alpha value is -0.700. The normalized spacial score (nSPS) is 12.6. The summed E-state index contributed by atoms with van der Waals surface area (Å²) in [5.41, 5.74) is 1.32. The second-order valence-electron chi connectivity index (χ2n) is 3.62. The highest BCUT2D eigenvalue weighted by molar-refractivity contribution is 5.00. The number of hydrogen-bond donors (Lipinski definition) is 0. The molecule has 0 heteroatoms. The van der Waals surface area contributed by atoms with Crippen molar-refractivity contribution in [3.8, 4) is 12.3 Å². The molecule has 0 aliphatic carbocycles. The molecule has 0 rings (SSSR count). The molecule has 1 atom stereocenters. The quantitative estimate of drug-likeness (QED) is 0.430. The zero-order chi connectivity index (χ0) is 9.56. The van der Waals surface area contributed by atoms with Crippen molar-refractivity contribution in [2.75, 3.05) is 0 Å². The van der Waals surface area contributed by atoms with Crippen molar-refractivity contribution in [3.05, 3.63) is 12.2 Å². The summed E-state index contributed by atoms with van der Waals surface area (Å²) < 4.78 is 0. The maximum Gasteiger partial charge on any atom is 0.0200 e. The fraction of sp³-hybridized carbons (Fsp3) is 0.667. The van der Waals surface area contributed by atoms with E-state index in [1.165, 1.54) is 5.57 Å². The molecule has 0 aromatic heterocycles. The van der Waals surface area contributed by atoms with Crippen LogP contribution in [0.15, 0.2) is 12.2 Å². The first-order chi connectivity index (χ1) is 5.61. The van der Waals surface area contributed by atoms with Crippen LogP contribution in [0.1, 0.15) is 40.0 Å². The second kappa shape index (κ2) is 5.89. The first-order valence-electron chi connectivity index (χ1n) is 4.75. The van der Waals surface area contributed by atoms with E-state index < -0.39 is 0 Å². The molecule has 0 aromatic rings. The van der Waals surface area contributed by atoms with Gasteiger partial charge in [0.25, 0.3) is 0 Å². The summed E-state index contributed by atoms with van der Waals surface area (Å²) in [6.07, 6.45) is 8.64. The van der Waals surface area contributed by atoms with E-state index in [-0.39, 0.29) is 0 Å². The van der Waals surface area contributed by atoms with Gasteiger partial charge >= 0.3 is 0 Å². The van der Waals surface area contributed by atoms with Crippen LogP contribution in [0.25, 0.3) is 0 Å². The van der Waals surface area contributed by atoms with Gasteiger partial charge in [-0.2, -0.15) is 0 Å². The Bertz CT molecular complexity index is 169. The molecular weight excluding hydrogens is 144 g/mol. The van der Waals surface area contributed by atoms with E-state index in [1.54, 1.807) is 0 Å². The van der Waals surface area contributed by atoms with Gasteiger partial charge in [-0.05, 0) is 25.2 Å². The van der Waals surface area contributed by atoms with Crippen LogP contribution in [0.5, 0.6) is 0 Å². The molecule has 0 aliphatic heterocycles. The largest absolute Gasteiger partial charge is 0.120 e. The minimum atomic E-state index is 0.445. The molecular formula is C12H20. The summed E-state index contributed by atoms with van der Waals surface area (Å²) in [6.45, 7) is 10.5. The number of allylic oxidation sites excluding steroid dienone is 1. The molecule has 0 nitrogen and oxygen atoms in total. The predicted octanol–water partition coefficient (Wildman–Crippen LogP) is 3.64. The predicted molar refractivity (Wildman–Crippen MR) is 55.8 cm³/mol. The Balaban J connectivity index is 3.68. The van der Waals surface area contributed by atoms with Crippen LogP contribution in [0.4, 0.5) is 0 Å². The van der Waals surface area contributed by atoms with Gasteiger partial charge in [-0.3, -0.25) is 0 Å². The molecule has 1 unspecified atom stereocenters. The zero-order valence-electron chi connectivity index (χ0n) is 8.56. The molecule has 0 spiro atoms. The highest BCUT2D eigenvalue weighted by atomic mass is 14.1. The maximum absolute atomic E-state index is 5.37. The van der Waals surface area contributed by atoms with E-state index in [4.69, 9.17) is 6.42 Å². The Morgan fingerprint density at radius 1 is 1.50 bits per heavy atom. The lowest BCUT2D eigenvalue weighted by atomic mass is 9.94. The van der Waals surface area contributed by atoms with Crippen molar-refractivity contribution in [3.63, 3.8) is 0 Å². The van der Waals surface area contributed by atoms with E-state index in [2.05, 4.69) is 33.3 Å². The molecule has 12 heavy (non-hydrogen) atoms. The summed E-state index contributed by atoms with van der Waals surface area (Å²) in [5, 5.41) is 0. The number of hydrogen-bond acceptors (Lipinski definition) is 0. The summed E-state index contributed by atoms with van der Waals surface area (Å²) in [4.78, 5) is 0. The molecule has 0 fully saturated rings. The number of rotatable bonds is 5. The molecule has 0 amide bonds. The second-order valence-corrected chi connectivity index (χ2v) is 3.62. The van der Waals surface area contributed by atoms with E-state index in [0.29, 0.717) is 11.8 Å². The standard InChI is InChI=1S/C12H20/c1-6-12(7-2)9-8-11(5)10(3)4/h1,10,12H,5,7-9H2,2-4H3. The van der Waals surface area contributed by atoms with Gasteiger partial charge in [0.05, 0.1) is 0 Å². The van der Waals surface area contributed by atoms with Crippen molar-refractivity contribution in [1.82, 2.24) is 0 Å². The number of terminal acetylenes is 1. The van der Waals surface area contributed by atoms with Crippen LogP contribution in [-0.2, 0) is 0 Å². The molecule has 0 heterocycles. The third-order valence-electron chi connectivity index (χ3n) is 2.36. The maximum atomic E-state index is 5.37. The van der Waals surface area contributed by atoms with Gasteiger partial charge in [0, 0.05) is 5.92 Å². The molecule has 68 valence electrons. The van der Waals surface area contributed by atoms with Crippen LogP contribution in [0.3, 0.4) is 0 Å². The summed E-state index contributed by atoms with van der Waals surface area (Å²) in [6, 6.07) is 0.